The van der Waals surface area contributed by atoms with Gasteiger partial charge in [0.05, 0.1) is 5.69 Å². The Morgan fingerprint density at radius 1 is 1.53 bits per heavy atom. The Bertz CT molecular complexity index is 339. The van der Waals surface area contributed by atoms with Gasteiger partial charge in [-0.2, -0.15) is 5.10 Å². The lowest BCUT2D eigenvalue weighted by molar-refractivity contribution is 0.252. The molecule has 0 spiro atoms. The summed E-state index contributed by atoms with van der Waals surface area (Å²) in [5.74, 6) is 5.96. The Morgan fingerprint density at radius 2 is 2.40 bits per heavy atom. The van der Waals surface area contributed by atoms with Crippen LogP contribution in [0.3, 0.4) is 0 Å². The molecule has 82 valence electrons. The number of anilines is 1. The molecule has 3 N–H and O–H groups in total. The second-order valence-corrected chi connectivity index (χ2v) is 3.87. The van der Waals surface area contributed by atoms with Crippen LogP contribution in [0.4, 0.5) is 5.82 Å². The van der Waals surface area contributed by atoms with Crippen molar-refractivity contribution in [1.82, 2.24) is 15.1 Å². The summed E-state index contributed by atoms with van der Waals surface area (Å²) in [5.41, 5.74) is 4.89. The maximum absolute atomic E-state index is 5.31. The molecule has 0 saturated carbocycles. The zero-order valence-electron chi connectivity index (χ0n) is 9.03. The minimum absolute atomic E-state index is 0.645. The number of nitrogen functional groups attached to an aromatic ring is 1. The van der Waals surface area contributed by atoms with Gasteiger partial charge >= 0.3 is 0 Å². The van der Waals surface area contributed by atoms with Crippen LogP contribution >= 0.6 is 0 Å². The van der Waals surface area contributed by atoms with Crippen LogP contribution in [0, 0.1) is 0 Å². The average Bonchev–Trinajstić information content (AvgIpc) is 2.28. The van der Waals surface area contributed by atoms with Crippen molar-refractivity contribution in [1.29, 1.82) is 0 Å². The molecule has 0 bridgehead atoms. The number of hydrogen-bond donors (Lipinski definition) is 2. The number of aromatic nitrogens is 2. The Balaban J connectivity index is 2.16. The molecule has 0 unspecified atom stereocenters. The van der Waals surface area contributed by atoms with Crippen LogP contribution in [0.25, 0.3) is 0 Å². The summed E-state index contributed by atoms with van der Waals surface area (Å²) in [4.78, 5) is 2.43. The van der Waals surface area contributed by atoms with E-state index in [0.717, 1.165) is 31.7 Å². The van der Waals surface area contributed by atoms with Gasteiger partial charge in [0.1, 0.15) is 0 Å². The molecule has 5 heteroatoms. The molecule has 1 aliphatic rings. The Morgan fingerprint density at radius 3 is 3.13 bits per heavy atom. The van der Waals surface area contributed by atoms with Crippen LogP contribution in [0.2, 0.25) is 0 Å². The summed E-state index contributed by atoms with van der Waals surface area (Å²) in [7, 11) is 0. The molecule has 0 amide bonds. The summed E-state index contributed by atoms with van der Waals surface area (Å²) in [6, 6.07) is 1.99. The number of fused-ring (bicyclic) bond motifs is 1. The molecule has 0 aliphatic carbocycles. The van der Waals surface area contributed by atoms with E-state index in [2.05, 4.69) is 27.4 Å². The van der Waals surface area contributed by atoms with E-state index in [9.17, 15) is 0 Å². The van der Waals surface area contributed by atoms with Crippen molar-refractivity contribution in [3.05, 3.63) is 17.3 Å². The average molecular weight is 207 g/mol. The Kier molecular flexibility index (Phi) is 3.13. The second kappa shape index (κ2) is 4.55. The molecule has 0 aromatic carbocycles. The second-order valence-electron chi connectivity index (χ2n) is 3.87. The predicted molar refractivity (Wildman–Crippen MR) is 59.1 cm³/mol. The topological polar surface area (TPSA) is 67.1 Å². The summed E-state index contributed by atoms with van der Waals surface area (Å²) in [6.45, 7) is 5.40. The van der Waals surface area contributed by atoms with Crippen molar-refractivity contribution in [3.63, 3.8) is 0 Å². The van der Waals surface area contributed by atoms with E-state index in [0.29, 0.717) is 5.82 Å². The third kappa shape index (κ3) is 2.24. The minimum Gasteiger partial charge on any atom is -0.307 e. The van der Waals surface area contributed by atoms with Crippen molar-refractivity contribution in [3.8, 4) is 0 Å². The van der Waals surface area contributed by atoms with Gasteiger partial charge in [-0.05, 0) is 24.6 Å². The molecule has 5 nitrogen and oxygen atoms in total. The molecule has 0 atom stereocenters. The van der Waals surface area contributed by atoms with E-state index in [1.54, 1.807) is 0 Å². The first-order chi connectivity index (χ1) is 7.33. The van der Waals surface area contributed by atoms with Crippen LogP contribution in [0.15, 0.2) is 6.07 Å². The van der Waals surface area contributed by atoms with Gasteiger partial charge in [-0.25, -0.2) is 5.84 Å². The normalized spacial score (nSPS) is 16.1. The lowest BCUT2D eigenvalue weighted by Crippen LogP contribution is -2.32. The van der Waals surface area contributed by atoms with Gasteiger partial charge in [0.25, 0.3) is 0 Å². The Hall–Kier alpha value is -1.20. The van der Waals surface area contributed by atoms with Crippen molar-refractivity contribution in [2.75, 3.05) is 18.5 Å². The smallest absolute Gasteiger partial charge is 0.162 e. The van der Waals surface area contributed by atoms with Gasteiger partial charge in [-0.1, -0.05) is 6.92 Å². The monoisotopic (exact) mass is 207 g/mol. The molecular formula is C10H17N5. The van der Waals surface area contributed by atoms with Crippen molar-refractivity contribution >= 4 is 5.82 Å². The summed E-state index contributed by atoms with van der Waals surface area (Å²) >= 11 is 0. The van der Waals surface area contributed by atoms with Crippen LogP contribution in [0.5, 0.6) is 0 Å². The third-order valence-electron chi connectivity index (χ3n) is 2.71. The van der Waals surface area contributed by atoms with Gasteiger partial charge in [-0.3, -0.25) is 4.90 Å². The molecule has 2 heterocycles. The SMILES string of the molecule is CCCN1CCc2nnc(NN)cc2C1. The van der Waals surface area contributed by atoms with Crippen LogP contribution < -0.4 is 11.3 Å². The third-order valence-corrected chi connectivity index (χ3v) is 2.71. The first-order valence-corrected chi connectivity index (χ1v) is 5.38. The molecule has 15 heavy (non-hydrogen) atoms. The van der Waals surface area contributed by atoms with E-state index in [1.165, 1.54) is 12.0 Å². The fourth-order valence-electron chi connectivity index (χ4n) is 1.96. The van der Waals surface area contributed by atoms with Crippen LogP contribution in [-0.4, -0.2) is 28.2 Å². The highest BCUT2D eigenvalue weighted by atomic mass is 15.3. The van der Waals surface area contributed by atoms with Gasteiger partial charge in [0, 0.05) is 19.5 Å². The number of hydrogen-bond acceptors (Lipinski definition) is 5. The van der Waals surface area contributed by atoms with E-state index < -0.39 is 0 Å². The lowest BCUT2D eigenvalue weighted by atomic mass is 10.1. The quantitative estimate of drug-likeness (QED) is 0.559. The van der Waals surface area contributed by atoms with Gasteiger partial charge in [0.15, 0.2) is 5.82 Å². The van der Waals surface area contributed by atoms with E-state index >= 15 is 0 Å². The zero-order valence-corrected chi connectivity index (χ0v) is 9.03. The van der Waals surface area contributed by atoms with Gasteiger partial charge < -0.3 is 5.43 Å². The molecule has 1 aromatic heterocycles. The predicted octanol–water partition coefficient (Wildman–Crippen LogP) is 0.530. The highest BCUT2D eigenvalue weighted by Gasteiger charge is 2.17. The fraction of sp³-hybridized carbons (Fsp3) is 0.600. The first kappa shape index (κ1) is 10.3. The molecule has 0 saturated heterocycles. The van der Waals surface area contributed by atoms with Crippen LogP contribution in [-0.2, 0) is 13.0 Å². The summed E-state index contributed by atoms with van der Waals surface area (Å²) in [6.07, 6.45) is 2.18. The Labute approximate surface area is 89.6 Å². The van der Waals surface area contributed by atoms with Crippen molar-refractivity contribution in [2.45, 2.75) is 26.3 Å². The molecular weight excluding hydrogens is 190 g/mol. The van der Waals surface area contributed by atoms with Crippen LogP contribution in [0.1, 0.15) is 24.6 Å². The highest BCUT2D eigenvalue weighted by molar-refractivity contribution is 5.37. The number of hydrazine groups is 1. The molecule has 0 fully saturated rings. The van der Waals surface area contributed by atoms with Crippen molar-refractivity contribution < 1.29 is 0 Å². The lowest BCUT2D eigenvalue weighted by Gasteiger charge is -2.27. The highest BCUT2D eigenvalue weighted by Crippen LogP contribution is 2.18. The molecule has 1 aromatic rings. The molecule has 2 rings (SSSR count). The van der Waals surface area contributed by atoms with Crippen molar-refractivity contribution in [2.24, 2.45) is 5.84 Å². The number of nitrogens with two attached hydrogens (primary N) is 1. The number of rotatable bonds is 3. The van der Waals surface area contributed by atoms with E-state index in [-0.39, 0.29) is 0 Å². The van der Waals surface area contributed by atoms with E-state index in [4.69, 9.17) is 5.84 Å². The maximum Gasteiger partial charge on any atom is 0.162 e. The standard InChI is InChI=1S/C10H17N5/c1-2-4-15-5-3-9-8(7-15)6-10(12-11)14-13-9/h6H,2-5,7,11H2,1H3,(H,12,14). The number of nitrogens with zero attached hydrogens (tertiary/aromatic N) is 3. The summed E-state index contributed by atoms with van der Waals surface area (Å²) in [5, 5.41) is 8.14. The van der Waals surface area contributed by atoms with E-state index in [1.807, 2.05) is 6.07 Å². The maximum atomic E-state index is 5.31. The number of nitrogens with one attached hydrogen (secondary N) is 1. The summed E-state index contributed by atoms with van der Waals surface area (Å²) < 4.78 is 0. The zero-order chi connectivity index (χ0) is 10.7. The molecule has 0 radical (unpaired) electrons. The minimum atomic E-state index is 0.645. The fourth-order valence-corrected chi connectivity index (χ4v) is 1.96. The van der Waals surface area contributed by atoms with Gasteiger partial charge in [-0.15, -0.1) is 5.10 Å². The van der Waals surface area contributed by atoms with Gasteiger partial charge in [0.2, 0.25) is 0 Å². The first-order valence-electron chi connectivity index (χ1n) is 5.38. The largest absolute Gasteiger partial charge is 0.307 e. The molecule has 1 aliphatic heterocycles.